The standard InChI is InChI=1S/C20H32N4O2/c1-4-6-16(3)24-15-20(26-19(24)25)8-10-23(11-9-20)14-17-12-21-18(7-5-2)22-13-17/h12-13,16H,4-11,14-15H2,1-3H3. The number of carbonyl (C=O) groups excluding carboxylic acids is 1. The smallest absolute Gasteiger partial charge is 0.410 e. The molecule has 6 nitrogen and oxygen atoms in total. The van der Waals surface area contributed by atoms with E-state index < -0.39 is 0 Å². The van der Waals surface area contributed by atoms with Crippen LogP contribution in [-0.2, 0) is 17.7 Å². The lowest BCUT2D eigenvalue weighted by molar-refractivity contribution is -0.00136. The highest BCUT2D eigenvalue weighted by molar-refractivity contribution is 5.71. The number of amides is 1. The number of carbonyl (C=O) groups is 1. The van der Waals surface area contributed by atoms with Crippen LogP contribution in [0.15, 0.2) is 12.4 Å². The van der Waals surface area contributed by atoms with Crippen molar-refractivity contribution in [3.63, 3.8) is 0 Å². The second kappa shape index (κ2) is 8.33. The van der Waals surface area contributed by atoms with Gasteiger partial charge in [-0.15, -0.1) is 0 Å². The number of hydrogen-bond acceptors (Lipinski definition) is 5. The van der Waals surface area contributed by atoms with Crippen LogP contribution in [0.2, 0.25) is 0 Å². The highest BCUT2D eigenvalue weighted by Gasteiger charge is 2.47. The largest absolute Gasteiger partial charge is 0.441 e. The van der Waals surface area contributed by atoms with E-state index in [1.807, 2.05) is 17.3 Å². The van der Waals surface area contributed by atoms with E-state index in [4.69, 9.17) is 4.74 Å². The Bertz CT molecular complexity index is 596. The third-order valence-corrected chi connectivity index (χ3v) is 5.64. The Balaban J connectivity index is 1.52. The van der Waals surface area contributed by atoms with Gasteiger partial charge >= 0.3 is 6.09 Å². The van der Waals surface area contributed by atoms with Crippen LogP contribution in [0.5, 0.6) is 0 Å². The molecule has 3 rings (SSSR count). The Morgan fingerprint density at radius 3 is 2.50 bits per heavy atom. The molecule has 2 aliphatic heterocycles. The van der Waals surface area contributed by atoms with Crippen molar-refractivity contribution in [1.82, 2.24) is 19.8 Å². The zero-order valence-electron chi connectivity index (χ0n) is 16.4. The fraction of sp³-hybridized carbons (Fsp3) is 0.750. The Labute approximate surface area is 156 Å². The maximum absolute atomic E-state index is 12.3. The number of aromatic nitrogens is 2. The normalized spacial score (nSPS) is 21.2. The number of hydrogen-bond donors (Lipinski definition) is 0. The molecule has 1 unspecified atom stereocenters. The second-order valence-electron chi connectivity index (χ2n) is 7.85. The van der Waals surface area contributed by atoms with Gasteiger partial charge in [-0.05, 0) is 19.8 Å². The Kier molecular flexibility index (Phi) is 6.12. The number of aryl methyl sites for hydroxylation is 1. The van der Waals surface area contributed by atoms with Crippen LogP contribution in [0.3, 0.4) is 0 Å². The predicted molar refractivity (Wildman–Crippen MR) is 101 cm³/mol. The zero-order valence-corrected chi connectivity index (χ0v) is 16.4. The fourth-order valence-electron chi connectivity index (χ4n) is 4.01. The van der Waals surface area contributed by atoms with Crippen molar-refractivity contribution in [1.29, 1.82) is 0 Å². The number of rotatable bonds is 7. The molecule has 26 heavy (non-hydrogen) atoms. The summed E-state index contributed by atoms with van der Waals surface area (Å²) < 4.78 is 5.85. The van der Waals surface area contributed by atoms with Gasteiger partial charge in [-0.3, -0.25) is 4.90 Å². The molecule has 2 fully saturated rings. The van der Waals surface area contributed by atoms with E-state index >= 15 is 0 Å². The van der Waals surface area contributed by atoms with Gasteiger partial charge in [-0.25, -0.2) is 14.8 Å². The van der Waals surface area contributed by atoms with E-state index in [1.165, 1.54) is 0 Å². The van der Waals surface area contributed by atoms with Crippen molar-refractivity contribution in [2.24, 2.45) is 0 Å². The van der Waals surface area contributed by atoms with Gasteiger partial charge in [0.25, 0.3) is 0 Å². The van der Waals surface area contributed by atoms with Crippen LogP contribution in [-0.4, -0.2) is 57.1 Å². The topological polar surface area (TPSA) is 58.6 Å². The molecule has 0 radical (unpaired) electrons. The summed E-state index contributed by atoms with van der Waals surface area (Å²) in [5.74, 6) is 0.924. The van der Waals surface area contributed by atoms with Gasteiger partial charge in [-0.2, -0.15) is 0 Å². The van der Waals surface area contributed by atoms with Gasteiger partial charge in [0.05, 0.1) is 6.54 Å². The van der Waals surface area contributed by atoms with Crippen molar-refractivity contribution < 1.29 is 9.53 Å². The molecule has 2 aliphatic rings. The van der Waals surface area contributed by atoms with E-state index in [1.54, 1.807) is 0 Å². The van der Waals surface area contributed by atoms with Crippen LogP contribution in [0.1, 0.15) is 64.3 Å². The molecule has 2 saturated heterocycles. The summed E-state index contributed by atoms with van der Waals surface area (Å²) in [6.45, 7) is 9.93. The molecule has 0 saturated carbocycles. The molecule has 144 valence electrons. The van der Waals surface area contributed by atoms with Crippen molar-refractivity contribution in [2.45, 2.75) is 77.5 Å². The summed E-state index contributed by atoms with van der Waals surface area (Å²) in [7, 11) is 0. The molecule has 1 aromatic heterocycles. The van der Waals surface area contributed by atoms with Crippen LogP contribution >= 0.6 is 0 Å². The van der Waals surface area contributed by atoms with E-state index in [0.717, 1.165) is 76.1 Å². The number of piperidine rings is 1. The summed E-state index contributed by atoms with van der Waals surface area (Å²) in [6, 6.07) is 0.267. The van der Waals surface area contributed by atoms with Crippen LogP contribution in [0, 0.1) is 0 Å². The van der Waals surface area contributed by atoms with Gasteiger partial charge in [-0.1, -0.05) is 20.3 Å². The summed E-state index contributed by atoms with van der Waals surface area (Å²) in [5, 5.41) is 0. The molecule has 0 N–H and O–H groups in total. The highest BCUT2D eigenvalue weighted by atomic mass is 16.6. The monoisotopic (exact) mass is 360 g/mol. The summed E-state index contributed by atoms with van der Waals surface area (Å²) >= 11 is 0. The molecule has 1 amide bonds. The molecule has 0 aromatic carbocycles. The number of ether oxygens (including phenoxy) is 1. The third-order valence-electron chi connectivity index (χ3n) is 5.64. The van der Waals surface area contributed by atoms with Crippen molar-refractivity contribution >= 4 is 6.09 Å². The maximum atomic E-state index is 12.3. The van der Waals surface area contributed by atoms with Gasteiger partial charge in [0.1, 0.15) is 11.4 Å². The van der Waals surface area contributed by atoms with Crippen molar-refractivity contribution in [3.05, 3.63) is 23.8 Å². The van der Waals surface area contributed by atoms with Crippen molar-refractivity contribution in [3.8, 4) is 0 Å². The average molecular weight is 361 g/mol. The lowest BCUT2D eigenvalue weighted by atomic mass is 9.91. The number of likely N-dealkylation sites (tertiary alicyclic amines) is 1. The van der Waals surface area contributed by atoms with E-state index in [0.29, 0.717) is 0 Å². The van der Waals surface area contributed by atoms with Crippen LogP contribution < -0.4 is 0 Å². The predicted octanol–water partition coefficient (Wildman–Crippen LogP) is 3.40. The fourth-order valence-corrected chi connectivity index (χ4v) is 4.01. The molecule has 1 spiro atoms. The minimum absolute atomic E-state index is 0.126. The number of nitrogens with zero attached hydrogens (tertiary/aromatic N) is 4. The zero-order chi connectivity index (χ0) is 18.6. The summed E-state index contributed by atoms with van der Waals surface area (Å²) in [4.78, 5) is 25.5. The lowest BCUT2D eigenvalue weighted by Crippen LogP contribution is -2.47. The summed E-state index contributed by atoms with van der Waals surface area (Å²) in [6.07, 6.45) is 9.71. The minimum Gasteiger partial charge on any atom is -0.441 e. The van der Waals surface area contributed by atoms with Crippen molar-refractivity contribution in [2.75, 3.05) is 19.6 Å². The maximum Gasteiger partial charge on any atom is 0.410 e. The van der Waals surface area contributed by atoms with Gasteiger partial charge in [0.2, 0.25) is 0 Å². The highest BCUT2D eigenvalue weighted by Crippen LogP contribution is 2.35. The minimum atomic E-state index is -0.281. The van der Waals surface area contributed by atoms with E-state index in [9.17, 15) is 4.79 Å². The first-order chi connectivity index (χ1) is 12.5. The van der Waals surface area contributed by atoms with E-state index in [2.05, 4.69) is 35.6 Å². The molecule has 0 bridgehead atoms. The first kappa shape index (κ1) is 19.1. The van der Waals surface area contributed by atoms with Gasteiger partial charge in [0.15, 0.2) is 0 Å². The SMILES string of the molecule is CCCc1ncc(CN2CCC3(CC2)CN(C(C)CCC)C(=O)O3)cn1. The van der Waals surface area contributed by atoms with Gasteiger partial charge < -0.3 is 9.64 Å². The molecular formula is C20H32N4O2. The van der Waals surface area contributed by atoms with Gasteiger partial charge in [0, 0.05) is 62.9 Å². The second-order valence-corrected chi connectivity index (χ2v) is 7.85. The summed E-state index contributed by atoms with van der Waals surface area (Å²) in [5.41, 5.74) is 0.874. The molecule has 3 heterocycles. The average Bonchev–Trinajstić information content (AvgIpc) is 2.96. The quantitative estimate of drug-likeness (QED) is 0.746. The molecule has 1 atom stereocenters. The van der Waals surface area contributed by atoms with Crippen LogP contribution in [0.4, 0.5) is 4.79 Å². The first-order valence-corrected chi connectivity index (χ1v) is 10.1. The Morgan fingerprint density at radius 2 is 1.88 bits per heavy atom. The van der Waals surface area contributed by atoms with Crippen LogP contribution in [0.25, 0.3) is 0 Å². The Morgan fingerprint density at radius 1 is 1.19 bits per heavy atom. The van der Waals surface area contributed by atoms with E-state index in [-0.39, 0.29) is 17.7 Å². The first-order valence-electron chi connectivity index (χ1n) is 10.1. The molecule has 0 aliphatic carbocycles. The lowest BCUT2D eigenvalue weighted by Gasteiger charge is -2.37. The molecule has 1 aromatic rings. The molecular weight excluding hydrogens is 328 g/mol. The molecule has 6 heteroatoms. The Hall–Kier alpha value is -1.69. The third kappa shape index (κ3) is 4.34.